The third-order valence-electron chi connectivity index (χ3n) is 1.76. The van der Waals surface area contributed by atoms with E-state index in [1.165, 1.54) is 0 Å². The highest BCUT2D eigenvalue weighted by Gasteiger charge is 2.15. The van der Waals surface area contributed by atoms with Crippen LogP contribution in [0.1, 0.15) is 25.8 Å². The lowest BCUT2D eigenvalue weighted by Gasteiger charge is -2.07. The molecule has 0 aromatic carbocycles. The van der Waals surface area contributed by atoms with Crippen molar-refractivity contribution in [3.05, 3.63) is 5.82 Å². The molecule has 7 heteroatoms. The van der Waals surface area contributed by atoms with Crippen LogP contribution < -0.4 is 0 Å². The number of hydrogen-bond donors (Lipinski definition) is 2. The van der Waals surface area contributed by atoms with E-state index in [0.29, 0.717) is 17.5 Å². The number of rotatable bonds is 5. The maximum atomic E-state index is 10.4. The highest BCUT2D eigenvalue weighted by atomic mass is 32.2. The lowest BCUT2D eigenvalue weighted by Crippen LogP contribution is -2.07. The van der Waals surface area contributed by atoms with Gasteiger partial charge in [0.25, 0.3) is 0 Å². The number of nitrogens with zero attached hydrogens (tertiary/aromatic N) is 3. The summed E-state index contributed by atoms with van der Waals surface area (Å²) in [6, 6.07) is 0. The zero-order valence-corrected chi connectivity index (χ0v) is 9.36. The number of aliphatic carboxylic acids is 1. The largest absolute Gasteiger partial charge is 0.481 e. The van der Waals surface area contributed by atoms with Crippen LogP contribution in [0.3, 0.4) is 0 Å². The first-order valence-corrected chi connectivity index (χ1v) is 5.50. The molecule has 0 radical (unpaired) electrons. The van der Waals surface area contributed by atoms with Gasteiger partial charge in [0.1, 0.15) is 6.10 Å². The molecule has 0 amide bonds. The molecule has 1 heterocycles. The summed E-state index contributed by atoms with van der Waals surface area (Å²) in [6.07, 6.45) is -0.698. The minimum absolute atomic E-state index is 0.0576. The number of aliphatic hydroxyl groups excluding tert-OH is 1. The van der Waals surface area contributed by atoms with Crippen LogP contribution in [-0.4, -0.2) is 36.7 Å². The Balaban J connectivity index is 2.84. The standard InChI is InChI=1S/C8H13N3O3S/c1-3-11-7(5(2)12)9-10-8(11)15-4-6(13)14/h5,12H,3-4H2,1-2H3,(H,13,14)/t5-/m0/s1. The van der Waals surface area contributed by atoms with Gasteiger partial charge in [-0.25, -0.2) is 0 Å². The molecule has 15 heavy (non-hydrogen) atoms. The van der Waals surface area contributed by atoms with E-state index in [-0.39, 0.29) is 5.75 Å². The Hall–Kier alpha value is -1.08. The van der Waals surface area contributed by atoms with Crippen molar-refractivity contribution < 1.29 is 15.0 Å². The number of carbonyl (C=O) groups is 1. The molecule has 6 nitrogen and oxygen atoms in total. The summed E-state index contributed by atoms with van der Waals surface area (Å²) in [7, 11) is 0. The Morgan fingerprint density at radius 2 is 2.27 bits per heavy atom. The topological polar surface area (TPSA) is 88.2 Å². The normalized spacial score (nSPS) is 12.7. The molecular weight excluding hydrogens is 218 g/mol. The van der Waals surface area contributed by atoms with Crippen LogP contribution in [0, 0.1) is 0 Å². The fourth-order valence-electron chi connectivity index (χ4n) is 1.14. The van der Waals surface area contributed by atoms with Crippen LogP contribution in [0.2, 0.25) is 0 Å². The van der Waals surface area contributed by atoms with Gasteiger partial charge < -0.3 is 14.8 Å². The van der Waals surface area contributed by atoms with Crippen LogP contribution >= 0.6 is 11.8 Å². The van der Waals surface area contributed by atoms with Crippen molar-refractivity contribution in [1.82, 2.24) is 14.8 Å². The van der Waals surface area contributed by atoms with Gasteiger partial charge in [0.05, 0.1) is 5.75 Å². The summed E-state index contributed by atoms with van der Waals surface area (Å²) in [5.41, 5.74) is 0. The molecule has 0 saturated carbocycles. The van der Waals surface area contributed by atoms with E-state index >= 15 is 0 Å². The van der Waals surface area contributed by atoms with Gasteiger partial charge in [-0.05, 0) is 13.8 Å². The Morgan fingerprint density at radius 3 is 2.73 bits per heavy atom. The number of hydrogen-bond acceptors (Lipinski definition) is 5. The second kappa shape index (κ2) is 5.13. The van der Waals surface area contributed by atoms with Crippen molar-refractivity contribution in [1.29, 1.82) is 0 Å². The Labute approximate surface area is 91.3 Å². The van der Waals surface area contributed by atoms with Gasteiger partial charge in [-0.3, -0.25) is 4.79 Å². The summed E-state index contributed by atoms with van der Waals surface area (Å²) < 4.78 is 1.71. The number of aromatic nitrogens is 3. The molecule has 0 fully saturated rings. The molecule has 0 unspecified atom stereocenters. The van der Waals surface area contributed by atoms with Crippen LogP contribution in [0.25, 0.3) is 0 Å². The minimum atomic E-state index is -0.899. The molecule has 0 aliphatic rings. The van der Waals surface area contributed by atoms with E-state index < -0.39 is 12.1 Å². The average Bonchev–Trinajstić information content (AvgIpc) is 2.57. The number of aliphatic hydroxyl groups is 1. The first-order valence-electron chi connectivity index (χ1n) is 4.52. The van der Waals surface area contributed by atoms with Crippen molar-refractivity contribution in [3.8, 4) is 0 Å². The van der Waals surface area contributed by atoms with Crippen molar-refractivity contribution in [2.45, 2.75) is 31.7 Å². The molecule has 1 rings (SSSR count). The van der Waals surface area contributed by atoms with E-state index in [1.807, 2.05) is 6.92 Å². The monoisotopic (exact) mass is 231 g/mol. The molecule has 0 spiro atoms. The molecular formula is C8H13N3O3S. The summed E-state index contributed by atoms with van der Waals surface area (Å²) in [6.45, 7) is 4.09. The van der Waals surface area contributed by atoms with E-state index in [0.717, 1.165) is 11.8 Å². The van der Waals surface area contributed by atoms with E-state index in [1.54, 1.807) is 11.5 Å². The highest BCUT2D eigenvalue weighted by Crippen LogP contribution is 2.19. The predicted octanol–water partition coefficient (Wildman–Crippen LogP) is 0.528. The molecule has 0 saturated heterocycles. The fourth-order valence-corrected chi connectivity index (χ4v) is 1.87. The van der Waals surface area contributed by atoms with E-state index in [2.05, 4.69) is 10.2 Å². The van der Waals surface area contributed by atoms with E-state index in [4.69, 9.17) is 5.11 Å². The number of carboxylic acid groups (broad SMARTS) is 1. The maximum Gasteiger partial charge on any atom is 0.313 e. The Kier molecular flexibility index (Phi) is 4.10. The quantitative estimate of drug-likeness (QED) is 0.718. The van der Waals surface area contributed by atoms with Crippen molar-refractivity contribution >= 4 is 17.7 Å². The van der Waals surface area contributed by atoms with E-state index in [9.17, 15) is 9.90 Å². The predicted molar refractivity (Wildman–Crippen MR) is 54.7 cm³/mol. The van der Waals surface area contributed by atoms with Crippen LogP contribution in [0.15, 0.2) is 5.16 Å². The van der Waals surface area contributed by atoms with Gasteiger partial charge in [0, 0.05) is 6.54 Å². The molecule has 0 aliphatic carbocycles. The van der Waals surface area contributed by atoms with Gasteiger partial charge in [0.2, 0.25) is 0 Å². The highest BCUT2D eigenvalue weighted by molar-refractivity contribution is 7.99. The molecule has 2 N–H and O–H groups in total. The van der Waals surface area contributed by atoms with Crippen LogP contribution in [0.5, 0.6) is 0 Å². The van der Waals surface area contributed by atoms with Crippen molar-refractivity contribution in [2.24, 2.45) is 0 Å². The SMILES string of the molecule is CCn1c(SCC(=O)O)nnc1[C@H](C)O. The van der Waals surface area contributed by atoms with Gasteiger partial charge in [-0.1, -0.05) is 11.8 Å². The second-order valence-electron chi connectivity index (χ2n) is 2.94. The molecule has 1 aromatic heterocycles. The third kappa shape index (κ3) is 2.93. The third-order valence-corrected chi connectivity index (χ3v) is 2.71. The molecule has 0 aliphatic heterocycles. The lowest BCUT2D eigenvalue weighted by molar-refractivity contribution is -0.133. The molecule has 84 valence electrons. The minimum Gasteiger partial charge on any atom is -0.481 e. The zero-order valence-electron chi connectivity index (χ0n) is 8.54. The van der Waals surface area contributed by atoms with Crippen LogP contribution in [-0.2, 0) is 11.3 Å². The molecule has 0 bridgehead atoms. The average molecular weight is 231 g/mol. The summed E-state index contributed by atoms with van der Waals surface area (Å²) >= 11 is 1.10. The summed E-state index contributed by atoms with van der Waals surface area (Å²) in [5.74, 6) is -0.493. The lowest BCUT2D eigenvalue weighted by atomic mass is 10.4. The van der Waals surface area contributed by atoms with Gasteiger partial charge in [-0.2, -0.15) is 0 Å². The van der Waals surface area contributed by atoms with Crippen LogP contribution in [0.4, 0.5) is 0 Å². The van der Waals surface area contributed by atoms with Gasteiger partial charge in [0.15, 0.2) is 11.0 Å². The summed E-state index contributed by atoms with van der Waals surface area (Å²) in [4.78, 5) is 10.4. The summed E-state index contributed by atoms with van der Waals surface area (Å²) in [5, 5.41) is 26.1. The van der Waals surface area contributed by atoms with Crippen molar-refractivity contribution in [3.63, 3.8) is 0 Å². The Bertz CT molecular complexity index is 351. The number of carboxylic acids is 1. The molecule has 1 aromatic rings. The fraction of sp³-hybridized carbons (Fsp3) is 0.625. The maximum absolute atomic E-state index is 10.4. The second-order valence-corrected chi connectivity index (χ2v) is 3.89. The first-order chi connectivity index (χ1) is 7.06. The van der Waals surface area contributed by atoms with Gasteiger partial charge in [-0.15, -0.1) is 10.2 Å². The molecule has 1 atom stereocenters. The zero-order chi connectivity index (χ0) is 11.4. The van der Waals surface area contributed by atoms with Crippen molar-refractivity contribution in [2.75, 3.05) is 5.75 Å². The smallest absolute Gasteiger partial charge is 0.313 e. The Morgan fingerprint density at radius 1 is 1.60 bits per heavy atom. The number of thioether (sulfide) groups is 1. The van der Waals surface area contributed by atoms with Gasteiger partial charge >= 0.3 is 5.97 Å². The first kappa shape index (κ1) is 12.0.